The van der Waals surface area contributed by atoms with Crippen molar-refractivity contribution in [2.45, 2.75) is 46.7 Å². The van der Waals surface area contributed by atoms with Crippen LogP contribution in [0, 0.1) is 13.8 Å². The van der Waals surface area contributed by atoms with Crippen molar-refractivity contribution >= 4 is 27.5 Å². The van der Waals surface area contributed by atoms with Crippen LogP contribution in [-0.2, 0) is 26.2 Å². The van der Waals surface area contributed by atoms with Crippen molar-refractivity contribution in [1.29, 1.82) is 0 Å². The number of para-hydroxylation sites is 1. The number of hydrogen-bond donors (Lipinski definition) is 1. The molecule has 32 heavy (non-hydrogen) atoms. The van der Waals surface area contributed by atoms with Gasteiger partial charge in [0.1, 0.15) is 12.6 Å². The lowest BCUT2D eigenvalue weighted by Crippen LogP contribution is -2.51. The van der Waals surface area contributed by atoms with E-state index < -0.39 is 22.0 Å². The second-order valence-corrected chi connectivity index (χ2v) is 9.94. The van der Waals surface area contributed by atoms with Crippen molar-refractivity contribution in [2.24, 2.45) is 0 Å². The van der Waals surface area contributed by atoms with E-state index in [2.05, 4.69) is 5.32 Å². The third kappa shape index (κ3) is 6.82. The average molecular weight is 460 g/mol. The molecule has 2 aromatic rings. The first-order valence-electron chi connectivity index (χ1n) is 10.7. The fourth-order valence-corrected chi connectivity index (χ4v) is 4.33. The summed E-state index contributed by atoms with van der Waals surface area (Å²) in [5.74, 6) is -0.714. The number of hydrogen-bond acceptors (Lipinski definition) is 4. The highest BCUT2D eigenvalue weighted by Crippen LogP contribution is 2.23. The third-order valence-electron chi connectivity index (χ3n) is 5.22. The van der Waals surface area contributed by atoms with Crippen molar-refractivity contribution < 1.29 is 18.0 Å². The minimum atomic E-state index is -3.72. The summed E-state index contributed by atoms with van der Waals surface area (Å²) in [5, 5.41) is 2.82. The summed E-state index contributed by atoms with van der Waals surface area (Å²) in [4.78, 5) is 27.5. The lowest BCUT2D eigenvalue weighted by Gasteiger charge is -2.32. The van der Waals surface area contributed by atoms with E-state index in [0.717, 1.165) is 33.7 Å². The molecule has 0 saturated heterocycles. The maximum atomic E-state index is 13.4. The molecule has 0 radical (unpaired) electrons. The molecule has 0 fully saturated rings. The first-order chi connectivity index (χ1) is 15.0. The topological polar surface area (TPSA) is 86.8 Å². The van der Waals surface area contributed by atoms with Crippen molar-refractivity contribution in [3.8, 4) is 0 Å². The van der Waals surface area contributed by atoms with Crippen LogP contribution < -0.4 is 9.62 Å². The van der Waals surface area contributed by atoms with Gasteiger partial charge in [0.2, 0.25) is 21.8 Å². The number of benzene rings is 2. The fourth-order valence-electron chi connectivity index (χ4n) is 3.42. The lowest BCUT2D eigenvalue weighted by molar-refractivity contribution is -0.139. The molecule has 2 amide bonds. The van der Waals surface area contributed by atoms with Crippen molar-refractivity contribution in [3.05, 3.63) is 65.2 Å². The smallest absolute Gasteiger partial charge is 0.244 e. The van der Waals surface area contributed by atoms with Gasteiger partial charge in [-0.15, -0.1) is 0 Å². The zero-order chi connectivity index (χ0) is 23.9. The highest BCUT2D eigenvalue weighted by molar-refractivity contribution is 7.92. The van der Waals surface area contributed by atoms with E-state index in [4.69, 9.17) is 0 Å². The van der Waals surface area contributed by atoms with Crippen molar-refractivity contribution in [2.75, 3.05) is 23.7 Å². The van der Waals surface area contributed by atoms with Crippen LogP contribution in [0.15, 0.2) is 48.5 Å². The molecule has 0 heterocycles. The summed E-state index contributed by atoms with van der Waals surface area (Å²) in [7, 11) is -3.72. The van der Waals surface area contributed by atoms with E-state index in [1.807, 2.05) is 44.2 Å². The summed E-state index contributed by atoms with van der Waals surface area (Å²) in [6.45, 7) is 7.69. The highest BCUT2D eigenvalue weighted by atomic mass is 32.2. The molecular weight excluding hydrogens is 426 g/mol. The molecule has 0 unspecified atom stereocenters. The Morgan fingerprint density at radius 3 is 2.34 bits per heavy atom. The van der Waals surface area contributed by atoms with Gasteiger partial charge in [0, 0.05) is 13.1 Å². The zero-order valence-electron chi connectivity index (χ0n) is 19.5. The molecule has 0 aliphatic carbocycles. The predicted octanol–water partition coefficient (Wildman–Crippen LogP) is 3.01. The molecule has 0 bridgehead atoms. The second kappa shape index (κ2) is 11.1. The number of anilines is 1. The first-order valence-corrected chi connectivity index (χ1v) is 12.6. The number of sulfonamides is 1. The summed E-state index contributed by atoms with van der Waals surface area (Å²) in [5.41, 5.74) is 3.09. The second-order valence-electron chi connectivity index (χ2n) is 8.03. The van der Waals surface area contributed by atoms with Gasteiger partial charge < -0.3 is 10.2 Å². The van der Waals surface area contributed by atoms with Gasteiger partial charge in [0.25, 0.3) is 0 Å². The standard InChI is InChI=1S/C24H33N3O4S/c1-6-14-25-24(29)20(4)26(16-21-12-9-10-18(2)15-21)23(28)17-27(32(5,30)31)22-13-8-7-11-19(22)3/h7-13,15,20H,6,14,16-17H2,1-5H3,(H,25,29)/t20-/m1/s1. The van der Waals surface area contributed by atoms with Crippen LogP contribution in [0.5, 0.6) is 0 Å². The Morgan fingerprint density at radius 1 is 1.06 bits per heavy atom. The lowest BCUT2D eigenvalue weighted by atomic mass is 10.1. The molecule has 8 heteroatoms. The summed E-state index contributed by atoms with van der Waals surface area (Å²) >= 11 is 0. The Bertz CT molecular complexity index is 1050. The van der Waals surface area contributed by atoms with E-state index in [-0.39, 0.29) is 19.0 Å². The quantitative estimate of drug-likeness (QED) is 0.592. The maximum absolute atomic E-state index is 13.4. The highest BCUT2D eigenvalue weighted by Gasteiger charge is 2.30. The number of aryl methyl sites for hydroxylation is 2. The van der Waals surface area contributed by atoms with Crippen LogP contribution >= 0.6 is 0 Å². The number of nitrogens with zero attached hydrogens (tertiary/aromatic N) is 2. The molecular formula is C24H33N3O4S. The van der Waals surface area contributed by atoms with E-state index in [9.17, 15) is 18.0 Å². The number of carbonyl (C=O) groups is 2. The molecule has 0 aliphatic rings. The average Bonchev–Trinajstić information content (AvgIpc) is 2.73. The monoisotopic (exact) mass is 459 g/mol. The SMILES string of the molecule is CCCNC(=O)[C@@H](C)N(Cc1cccc(C)c1)C(=O)CN(c1ccccc1C)S(C)(=O)=O. The summed E-state index contributed by atoms with van der Waals surface area (Å²) < 4.78 is 26.2. The molecule has 7 nitrogen and oxygen atoms in total. The molecule has 0 aromatic heterocycles. The van der Waals surface area contributed by atoms with Gasteiger partial charge in [-0.1, -0.05) is 55.0 Å². The van der Waals surface area contributed by atoms with E-state index in [1.165, 1.54) is 4.90 Å². The Kier molecular flexibility index (Phi) is 8.83. The largest absolute Gasteiger partial charge is 0.354 e. The number of amides is 2. The van der Waals surface area contributed by atoms with Crippen LogP contribution in [0.25, 0.3) is 0 Å². The fraction of sp³-hybridized carbons (Fsp3) is 0.417. The Labute approximate surface area is 191 Å². The van der Waals surface area contributed by atoms with Gasteiger partial charge in [-0.05, 0) is 44.4 Å². The Hall–Kier alpha value is -2.87. The molecule has 1 N–H and O–H groups in total. The van der Waals surface area contributed by atoms with E-state index in [0.29, 0.717) is 12.2 Å². The molecule has 2 aromatic carbocycles. The number of carbonyl (C=O) groups excluding carboxylic acids is 2. The van der Waals surface area contributed by atoms with Gasteiger partial charge in [-0.2, -0.15) is 0 Å². The van der Waals surface area contributed by atoms with Gasteiger partial charge >= 0.3 is 0 Å². The van der Waals surface area contributed by atoms with Gasteiger partial charge in [0.05, 0.1) is 11.9 Å². The number of rotatable bonds is 10. The van der Waals surface area contributed by atoms with Crippen molar-refractivity contribution in [3.63, 3.8) is 0 Å². The Morgan fingerprint density at radius 2 is 1.75 bits per heavy atom. The third-order valence-corrected chi connectivity index (χ3v) is 6.34. The molecule has 1 atom stereocenters. The van der Waals surface area contributed by atoms with Crippen LogP contribution in [0.4, 0.5) is 5.69 Å². The van der Waals surface area contributed by atoms with Crippen LogP contribution in [0.3, 0.4) is 0 Å². The normalized spacial score (nSPS) is 12.2. The maximum Gasteiger partial charge on any atom is 0.244 e. The summed E-state index contributed by atoms with van der Waals surface area (Å²) in [6.07, 6.45) is 1.86. The Balaban J connectivity index is 2.38. The molecule has 0 aliphatic heterocycles. The van der Waals surface area contributed by atoms with Gasteiger partial charge in [0.15, 0.2) is 0 Å². The molecule has 174 valence electrons. The number of nitrogens with one attached hydrogen (secondary N) is 1. The van der Waals surface area contributed by atoms with Crippen LogP contribution in [-0.4, -0.2) is 50.5 Å². The van der Waals surface area contributed by atoms with Gasteiger partial charge in [-0.25, -0.2) is 8.42 Å². The predicted molar refractivity (Wildman–Crippen MR) is 128 cm³/mol. The zero-order valence-corrected chi connectivity index (χ0v) is 20.3. The van der Waals surface area contributed by atoms with Crippen LogP contribution in [0.1, 0.15) is 37.0 Å². The van der Waals surface area contributed by atoms with Crippen LogP contribution in [0.2, 0.25) is 0 Å². The van der Waals surface area contributed by atoms with Gasteiger partial charge in [-0.3, -0.25) is 13.9 Å². The first kappa shape index (κ1) is 25.4. The molecule has 2 rings (SSSR count). The summed E-state index contributed by atoms with van der Waals surface area (Å²) in [6, 6.07) is 13.9. The minimum absolute atomic E-state index is 0.201. The van der Waals surface area contributed by atoms with Crippen molar-refractivity contribution in [1.82, 2.24) is 10.2 Å². The molecule has 0 saturated carbocycles. The van der Waals surface area contributed by atoms with E-state index >= 15 is 0 Å². The molecule has 0 spiro atoms. The minimum Gasteiger partial charge on any atom is -0.354 e. The van der Waals surface area contributed by atoms with E-state index in [1.54, 1.807) is 32.0 Å².